The second-order valence-corrected chi connectivity index (χ2v) is 8.02. The van der Waals surface area contributed by atoms with E-state index < -0.39 is 0 Å². The molecule has 1 amide bonds. The van der Waals surface area contributed by atoms with Crippen molar-refractivity contribution >= 4 is 5.91 Å². The maximum absolute atomic E-state index is 13.7. The van der Waals surface area contributed by atoms with Gasteiger partial charge >= 0.3 is 0 Å². The van der Waals surface area contributed by atoms with Crippen LogP contribution in [0.15, 0.2) is 54.6 Å². The maximum atomic E-state index is 13.7. The van der Waals surface area contributed by atoms with Crippen LogP contribution in [-0.2, 0) is 0 Å². The molecule has 0 spiro atoms. The van der Waals surface area contributed by atoms with Gasteiger partial charge in [-0.05, 0) is 62.5 Å². The van der Waals surface area contributed by atoms with Gasteiger partial charge in [0, 0.05) is 17.6 Å². The molecular formula is C24H31N3O2. The van der Waals surface area contributed by atoms with Crippen LogP contribution in [0.25, 0.3) is 0 Å². The number of nitrogens with zero attached hydrogens (tertiary/aromatic N) is 1. The Morgan fingerprint density at radius 1 is 1.14 bits per heavy atom. The first kappa shape index (κ1) is 19.9. The summed E-state index contributed by atoms with van der Waals surface area (Å²) in [6.07, 6.45) is 5.15. The minimum absolute atomic E-state index is 0.0966. The van der Waals surface area contributed by atoms with E-state index in [0.29, 0.717) is 24.8 Å². The molecule has 2 aromatic rings. The molecule has 2 aliphatic heterocycles. The predicted octanol–water partition coefficient (Wildman–Crippen LogP) is 3.51. The smallest absolute Gasteiger partial charge is 0.254 e. The Hall–Kier alpha value is -2.37. The number of hydrogen-bond acceptors (Lipinski definition) is 4. The molecule has 2 aliphatic rings. The normalized spacial score (nSPS) is 24.0. The van der Waals surface area contributed by atoms with Gasteiger partial charge in [-0.3, -0.25) is 4.79 Å². The fourth-order valence-corrected chi connectivity index (χ4v) is 4.67. The van der Waals surface area contributed by atoms with Gasteiger partial charge in [-0.25, -0.2) is 0 Å². The van der Waals surface area contributed by atoms with Gasteiger partial charge in [0.2, 0.25) is 0 Å². The molecule has 0 unspecified atom stereocenters. The zero-order valence-corrected chi connectivity index (χ0v) is 16.9. The van der Waals surface area contributed by atoms with Gasteiger partial charge in [-0.2, -0.15) is 0 Å². The van der Waals surface area contributed by atoms with Crippen molar-refractivity contribution in [3.05, 3.63) is 65.7 Å². The van der Waals surface area contributed by atoms with E-state index in [1.54, 1.807) is 0 Å². The number of amides is 1. The third-order valence-electron chi connectivity index (χ3n) is 6.08. The summed E-state index contributed by atoms with van der Waals surface area (Å²) in [6, 6.07) is 18.7. The summed E-state index contributed by atoms with van der Waals surface area (Å²) in [5.41, 5.74) is 7.46. The van der Waals surface area contributed by atoms with Crippen LogP contribution in [0.5, 0.6) is 5.75 Å². The second-order valence-electron chi connectivity index (χ2n) is 8.02. The number of benzene rings is 2. The SMILES string of the molecule is NCCCOc1cccc(C(=O)N2[C@H](c3ccccc3)C[C@H]3NCCCC[C@@H]32)c1. The molecule has 4 rings (SSSR count). The van der Waals surface area contributed by atoms with E-state index in [2.05, 4.69) is 34.5 Å². The summed E-state index contributed by atoms with van der Waals surface area (Å²) < 4.78 is 5.77. The molecule has 154 valence electrons. The zero-order chi connectivity index (χ0) is 20.1. The lowest BCUT2D eigenvalue weighted by Gasteiger charge is -2.31. The highest BCUT2D eigenvalue weighted by Gasteiger charge is 2.44. The van der Waals surface area contributed by atoms with E-state index in [-0.39, 0.29) is 18.0 Å². The first-order valence-electron chi connectivity index (χ1n) is 10.8. The Kier molecular flexibility index (Phi) is 6.47. The van der Waals surface area contributed by atoms with Crippen molar-refractivity contribution in [2.24, 2.45) is 5.73 Å². The summed E-state index contributed by atoms with van der Waals surface area (Å²) >= 11 is 0. The fourth-order valence-electron chi connectivity index (χ4n) is 4.67. The summed E-state index contributed by atoms with van der Waals surface area (Å²) in [5, 5.41) is 3.69. The number of ether oxygens (including phenoxy) is 1. The lowest BCUT2D eigenvalue weighted by atomic mass is 10.0. The van der Waals surface area contributed by atoms with Crippen LogP contribution in [0.2, 0.25) is 0 Å². The van der Waals surface area contributed by atoms with Crippen LogP contribution in [-0.4, -0.2) is 42.6 Å². The van der Waals surface area contributed by atoms with Crippen LogP contribution in [0.1, 0.15) is 54.1 Å². The van der Waals surface area contributed by atoms with Crippen molar-refractivity contribution in [3.63, 3.8) is 0 Å². The Morgan fingerprint density at radius 3 is 2.83 bits per heavy atom. The molecule has 29 heavy (non-hydrogen) atoms. The summed E-state index contributed by atoms with van der Waals surface area (Å²) in [4.78, 5) is 15.8. The van der Waals surface area contributed by atoms with E-state index in [1.807, 2.05) is 30.3 Å². The van der Waals surface area contributed by atoms with E-state index in [9.17, 15) is 4.79 Å². The first-order chi connectivity index (χ1) is 14.3. The summed E-state index contributed by atoms with van der Waals surface area (Å²) in [6.45, 7) is 2.20. The minimum Gasteiger partial charge on any atom is -0.494 e. The molecule has 2 fully saturated rings. The molecule has 3 atom stereocenters. The van der Waals surface area contributed by atoms with Gasteiger partial charge in [-0.15, -0.1) is 0 Å². The number of nitrogens with one attached hydrogen (secondary N) is 1. The highest BCUT2D eigenvalue weighted by atomic mass is 16.5. The number of carbonyl (C=O) groups excluding carboxylic acids is 1. The molecule has 0 aliphatic carbocycles. The highest BCUT2D eigenvalue weighted by molar-refractivity contribution is 5.95. The molecule has 0 radical (unpaired) electrons. The second kappa shape index (κ2) is 9.42. The minimum atomic E-state index is 0.0966. The molecule has 3 N–H and O–H groups in total. The van der Waals surface area contributed by atoms with Crippen molar-refractivity contribution in [1.82, 2.24) is 10.2 Å². The van der Waals surface area contributed by atoms with Gasteiger partial charge in [0.25, 0.3) is 5.91 Å². The highest BCUT2D eigenvalue weighted by Crippen LogP contribution is 2.40. The number of hydrogen-bond donors (Lipinski definition) is 2. The number of rotatable bonds is 6. The molecule has 5 heteroatoms. The van der Waals surface area contributed by atoms with Crippen LogP contribution in [0, 0.1) is 0 Å². The van der Waals surface area contributed by atoms with E-state index in [4.69, 9.17) is 10.5 Å². The predicted molar refractivity (Wildman–Crippen MR) is 115 cm³/mol. The third kappa shape index (κ3) is 4.46. The van der Waals surface area contributed by atoms with Crippen LogP contribution in [0.3, 0.4) is 0 Å². The molecule has 0 aromatic heterocycles. The average molecular weight is 394 g/mol. The molecule has 2 aromatic carbocycles. The standard InChI is InChI=1S/C24H31N3O2/c25-13-7-15-29-20-11-6-10-19(16-20)24(28)27-22-12-4-5-14-26-21(22)17-23(27)18-8-2-1-3-9-18/h1-3,6,8-11,16,21-23,26H,4-5,7,12-15,17,25H2/t21-,22+,23+/m1/s1. The van der Waals surface area contributed by atoms with Crippen LogP contribution >= 0.6 is 0 Å². The number of fused-ring (bicyclic) bond motifs is 1. The number of nitrogens with two attached hydrogens (primary N) is 1. The molecular weight excluding hydrogens is 362 g/mol. The zero-order valence-electron chi connectivity index (χ0n) is 16.9. The van der Waals surface area contributed by atoms with Crippen LogP contribution < -0.4 is 15.8 Å². The van der Waals surface area contributed by atoms with E-state index in [0.717, 1.165) is 38.0 Å². The fraction of sp³-hybridized carbons (Fsp3) is 0.458. The van der Waals surface area contributed by atoms with Gasteiger partial charge in [0.15, 0.2) is 0 Å². The lowest BCUT2D eigenvalue weighted by Crippen LogP contribution is -2.44. The Morgan fingerprint density at radius 2 is 2.00 bits per heavy atom. The largest absolute Gasteiger partial charge is 0.494 e. The Balaban J connectivity index is 1.62. The molecule has 2 saturated heterocycles. The summed E-state index contributed by atoms with van der Waals surface area (Å²) in [7, 11) is 0. The number of likely N-dealkylation sites (tertiary alicyclic amines) is 1. The number of carbonyl (C=O) groups is 1. The van der Waals surface area contributed by atoms with Crippen molar-refractivity contribution < 1.29 is 9.53 Å². The lowest BCUT2D eigenvalue weighted by molar-refractivity contribution is 0.0649. The van der Waals surface area contributed by atoms with Gasteiger partial charge < -0.3 is 20.7 Å². The van der Waals surface area contributed by atoms with Crippen molar-refractivity contribution in [3.8, 4) is 5.75 Å². The topological polar surface area (TPSA) is 67.6 Å². The van der Waals surface area contributed by atoms with Crippen LogP contribution in [0.4, 0.5) is 0 Å². The monoisotopic (exact) mass is 393 g/mol. The van der Waals surface area contributed by atoms with E-state index >= 15 is 0 Å². The molecule has 0 saturated carbocycles. The Bertz CT molecular complexity index is 811. The van der Waals surface area contributed by atoms with E-state index in [1.165, 1.54) is 12.0 Å². The van der Waals surface area contributed by atoms with Gasteiger partial charge in [-0.1, -0.05) is 42.8 Å². The van der Waals surface area contributed by atoms with Gasteiger partial charge in [0.05, 0.1) is 12.6 Å². The summed E-state index contributed by atoms with van der Waals surface area (Å²) in [5.74, 6) is 0.828. The van der Waals surface area contributed by atoms with Gasteiger partial charge in [0.1, 0.15) is 5.75 Å². The maximum Gasteiger partial charge on any atom is 0.254 e. The molecule has 5 nitrogen and oxygen atoms in total. The molecule has 0 bridgehead atoms. The average Bonchev–Trinajstić information content (AvgIpc) is 2.96. The van der Waals surface area contributed by atoms with Crippen molar-refractivity contribution in [2.45, 2.75) is 50.2 Å². The first-order valence-corrected chi connectivity index (χ1v) is 10.8. The quantitative estimate of drug-likeness (QED) is 0.737. The van der Waals surface area contributed by atoms with Crippen molar-refractivity contribution in [1.29, 1.82) is 0 Å². The molecule has 2 heterocycles. The third-order valence-corrected chi connectivity index (χ3v) is 6.08. The van der Waals surface area contributed by atoms with Crippen molar-refractivity contribution in [2.75, 3.05) is 19.7 Å². The Labute approximate surface area is 173 Å².